The Kier molecular flexibility index (Phi) is 6.79. The summed E-state index contributed by atoms with van der Waals surface area (Å²) in [6, 6.07) is 0.775. The minimum atomic E-state index is -0.415. The monoisotopic (exact) mass is 190 g/mol. The minimum Gasteiger partial charge on any atom is -0.385 e. The molecular formula is C7H18N2O2Si. The molecule has 1 unspecified atom stereocenters. The van der Waals surface area contributed by atoms with Crippen molar-refractivity contribution in [3.05, 3.63) is 0 Å². The third-order valence-corrected chi connectivity index (χ3v) is 3.60. The molecule has 0 saturated heterocycles. The minimum absolute atomic E-state index is 0.219. The second-order valence-electron chi connectivity index (χ2n) is 2.90. The summed E-state index contributed by atoms with van der Waals surface area (Å²) in [5, 5.41) is 2.68. The van der Waals surface area contributed by atoms with Gasteiger partial charge in [0.05, 0.1) is 0 Å². The molecule has 2 amide bonds. The van der Waals surface area contributed by atoms with E-state index in [-0.39, 0.29) is 9.52 Å². The van der Waals surface area contributed by atoms with Crippen LogP contribution in [0.25, 0.3) is 0 Å². The molecule has 0 saturated carbocycles. The van der Waals surface area contributed by atoms with Crippen LogP contribution in [0.15, 0.2) is 0 Å². The Balaban J connectivity index is 3.19. The van der Waals surface area contributed by atoms with E-state index in [1.165, 1.54) is 6.04 Å². The summed E-state index contributed by atoms with van der Waals surface area (Å²) in [7, 11) is 1.48. The largest absolute Gasteiger partial charge is 0.385 e. The highest BCUT2D eigenvalue weighted by molar-refractivity contribution is 6.37. The summed E-state index contributed by atoms with van der Waals surface area (Å²) < 4.78 is 4.91. The first kappa shape index (κ1) is 11.4. The van der Waals surface area contributed by atoms with Gasteiger partial charge in [-0.05, 0) is 13.3 Å². The van der Waals surface area contributed by atoms with Gasteiger partial charge in [0, 0.05) is 28.9 Å². The van der Waals surface area contributed by atoms with E-state index in [1.54, 1.807) is 7.11 Å². The summed E-state index contributed by atoms with van der Waals surface area (Å²) in [6.07, 6.45) is 1.09. The van der Waals surface area contributed by atoms with Crippen LogP contribution in [0.2, 0.25) is 6.04 Å². The summed E-state index contributed by atoms with van der Waals surface area (Å²) >= 11 is 0. The number of methoxy groups -OCH3 is 1. The molecule has 12 heavy (non-hydrogen) atoms. The molecule has 4 nitrogen and oxygen atoms in total. The second kappa shape index (κ2) is 7.12. The van der Waals surface area contributed by atoms with Gasteiger partial charge in [0.2, 0.25) is 0 Å². The van der Waals surface area contributed by atoms with E-state index < -0.39 is 6.03 Å². The molecule has 0 aliphatic carbocycles. The van der Waals surface area contributed by atoms with Gasteiger partial charge in [0.25, 0.3) is 0 Å². The van der Waals surface area contributed by atoms with Gasteiger partial charge in [-0.1, -0.05) is 6.04 Å². The van der Waals surface area contributed by atoms with Crippen LogP contribution in [0.5, 0.6) is 0 Å². The lowest BCUT2D eigenvalue weighted by Gasteiger charge is -2.10. The van der Waals surface area contributed by atoms with Crippen molar-refractivity contribution in [3.8, 4) is 0 Å². The third kappa shape index (κ3) is 7.55. The molecule has 1 atom stereocenters. The quantitative estimate of drug-likeness (QED) is 0.443. The molecule has 0 aromatic heterocycles. The SMILES string of the molecule is COCCC[SiH2]C(C)NC(N)=O. The topological polar surface area (TPSA) is 64.3 Å². The molecule has 0 aliphatic heterocycles. The van der Waals surface area contributed by atoms with E-state index in [9.17, 15) is 4.79 Å². The van der Waals surface area contributed by atoms with Gasteiger partial charge in [0.1, 0.15) is 0 Å². The third-order valence-electron chi connectivity index (χ3n) is 1.62. The number of nitrogens with two attached hydrogens (primary N) is 1. The molecule has 72 valence electrons. The molecular weight excluding hydrogens is 172 g/mol. The molecule has 0 rings (SSSR count). The number of urea groups is 1. The predicted octanol–water partition coefficient (Wildman–Crippen LogP) is -0.376. The lowest BCUT2D eigenvalue weighted by Crippen LogP contribution is -2.40. The molecule has 0 bridgehead atoms. The molecule has 0 heterocycles. The summed E-state index contributed by atoms with van der Waals surface area (Å²) in [5.41, 5.74) is 5.28. The first-order valence-electron chi connectivity index (χ1n) is 4.21. The number of carbonyl (C=O) groups is 1. The van der Waals surface area contributed by atoms with Crippen molar-refractivity contribution in [3.63, 3.8) is 0 Å². The van der Waals surface area contributed by atoms with E-state index >= 15 is 0 Å². The van der Waals surface area contributed by atoms with Crippen molar-refractivity contribution in [2.75, 3.05) is 13.7 Å². The molecule has 5 heteroatoms. The Hall–Kier alpha value is -0.553. The zero-order valence-electron chi connectivity index (χ0n) is 7.80. The zero-order chi connectivity index (χ0) is 9.40. The Morgan fingerprint density at radius 2 is 2.42 bits per heavy atom. The maximum atomic E-state index is 10.4. The van der Waals surface area contributed by atoms with Crippen molar-refractivity contribution >= 4 is 15.6 Å². The van der Waals surface area contributed by atoms with Gasteiger partial charge < -0.3 is 15.8 Å². The van der Waals surface area contributed by atoms with Crippen LogP contribution in [0, 0.1) is 0 Å². The van der Waals surface area contributed by atoms with E-state index in [2.05, 4.69) is 5.32 Å². The van der Waals surface area contributed by atoms with Crippen LogP contribution < -0.4 is 11.1 Å². The highest BCUT2D eigenvalue weighted by Crippen LogP contribution is 1.91. The lowest BCUT2D eigenvalue weighted by molar-refractivity contribution is 0.199. The number of hydrogen-bond acceptors (Lipinski definition) is 2. The average Bonchev–Trinajstić information content (AvgIpc) is 1.97. The normalized spacial score (nSPS) is 13.5. The first-order valence-corrected chi connectivity index (χ1v) is 6.03. The fraction of sp³-hybridized carbons (Fsp3) is 0.857. The highest BCUT2D eigenvalue weighted by Gasteiger charge is 2.02. The fourth-order valence-electron chi connectivity index (χ4n) is 1.01. The van der Waals surface area contributed by atoms with Gasteiger partial charge in [-0.3, -0.25) is 0 Å². The van der Waals surface area contributed by atoms with E-state index in [1.807, 2.05) is 6.92 Å². The number of primary amides is 1. The van der Waals surface area contributed by atoms with Crippen LogP contribution in [-0.4, -0.2) is 34.9 Å². The predicted molar refractivity (Wildman–Crippen MR) is 52.0 cm³/mol. The number of carbonyl (C=O) groups excluding carboxylic acids is 1. The maximum Gasteiger partial charge on any atom is 0.312 e. The van der Waals surface area contributed by atoms with Gasteiger partial charge in [-0.25, -0.2) is 4.79 Å². The molecule has 0 aromatic carbocycles. The lowest BCUT2D eigenvalue weighted by atomic mass is 10.5. The smallest absolute Gasteiger partial charge is 0.312 e. The van der Waals surface area contributed by atoms with Crippen LogP contribution >= 0.6 is 0 Å². The molecule has 0 aromatic rings. The van der Waals surface area contributed by atoms with Crippen molar-refractivity contribution in [1.29, 1.82) is 0 Å². The standard InChI is InChI=1S/C7H18N2O2Si/c1-6(9-7(8)10)12-5-3-4-11-2/h6H,3-5,12H2,1-2H3,(H3,8,9,10). The number of rotatable bonds is 6. The number of hydrogen-bond donors (Lipinski definition) is 2. The van der Waals surface area contributed by atoms with Crippen LogP contribution in [0.1, 0.15) is 13.3 Å². The molecule has 0 aliphatic rings. The number of nitrogens with one attached hydrogen (secondary N) is 1. The summed E-state index contributed by atoms with van der Waals surface area (Å²) in [6.45, 7) is 2.82. The Morgan fingerprint density at radius 3 is 2.92 bits per heavy atom. The van der Waals surface area contributed by atoms with Crippen molar-refractivity contribution < 1.29 is 9.53 Å². The van der Waals surface area contributed by atoms with Gasteiger partial charge in [0.15, 0.2) is 0 Å². The van der Waals surface area contributed by atoms with Crippen LogP contribution in [0.4, 0.5) is 4.79 Å². The van der Waals surface area contributed by atoms with Gasteiger partial charge >= 0.3 is 6.03 Å². The Labute approximate surface area is 75.7 Å². The number of ether oxygens (including phenoxy) is 1. The molecule has 0 fully saturated rings. The van der Waals surface area contributed by atoms with Crippen LogP contribution in [0.3, 0.4) is 0 Å². The Bertz CT molecular complexity index is 133. The van der Waals surface area contributed by atoms with Crippen molar-refractivity contribution in [2.45, 2.75) is 25.1 Å². The molecule has 0 spiro atoms. The Morgan fingerprint density at radius 1 is 1.75 bits per heavy atom. The van der Waals surface area contributed by atoms with Crippen LogP contribution in [-0.2, 0) is 4.74 Å². The van der Waals surface area contributed by atoms with E-state index in [0.29, 0.717) is 5.67 Å². The number of amides is 2. The first-order chi connectivity index (χ1) is 5.66. The second-order valence-corrected chi connectivity index (χ2v) is 5.41. The molecule has 3 N–H and O–H groups in total. The highest BCUT2D eigenvalue weighted by atomic mass is 28.2. The zero-order valence-corrected chi connectivity index (χ0v) is 9.21. The summed E-state index contributed by atoms with van der Waals surface area (Å²) in [4.78, 5) is 10.4. The van der Waals surface area contributed by atoms with Gasteiger partial charge in [-0.2, -0.15) is 0 Å². The van der Waals surface area contributed by atoms with Crippen molar-refractivity contribution in [2.24, 2.45) is 5.73 Å². The van der Waals surface area contributed by atoms with Gasteiger partial charge in [-0.15, -0.1) is 0 Å². The van der Waals surface area contributed by atoms with E-state index in [4.69, 9.17) is 10.5 Å². The average molecular weight is 190 g/mol. The van der Waals surface area contributed by atoms with E-state index in [0.717, 1.165) is 13.0 Å². The fourth-order valence-corrected chi connectivity index (χ4v) is 2.46. The maximum absolute atomic E-state index is 10.4. The summed E-state index contributed by atoms with van der Waals surface area (Å²) in [5.74, 6) is 0. The molecule has 0 radical (unpaired) electrons. The van der Waals surface area contributed by atoms with Crippen molar-refractivity contribution in [1.82, 2.24) is 5.32 Å².